The van der Waals surface area contributed by atoms with Crippen molar-refractivity contribution in [2.24, 2.45) is 4.99 Å². The molecule has 2 rings (SSSR count). The van der Waals surface area contributed by atoms with Gasteiger partial charge in [0.25, 0.3) is 0 Å². The molecule has 0 atom stereocenters. The Kier molecular flexibility index (Phi) is 6.95. The lowest BCUT2D eigenvalue weighted by atomic mass is 10.3. The summed E-state index contributed by atoms with van der Waals surface area (Å²) in [4.78, 5) is 20.4. The van der Waals surface area contributed by atoms with Gasteiger partial charge in [-0.15, -0.1) is 0 Å². The maximum absolute atomic E-state index is 11.8. The van der Waals surface area contributed by atoms with Gasteiger partial charge in [-0.05, 0) is 32.4 Å². The number of morpholine rings is 1. The monoisotopic (exact) mass is 297 g/mol. The Balaban J connectivity index is 1.66. The summed E-state index contributed by atoms with van der Waals surface area (Å²) in [5, 5.41) is 0. The zero-order valence-corrected chi connectivity index (χ0v) is 13.1. The molecule has 2 saturated heterocycles. The average Bonchev–Trinajstić information content (AvgIpc) is 3.03. The molecule has 0 radical (unpaired) electrons. The van der Waals surface area contributed by atoms with E-state index in [-0.39, 0.29) is 0 Å². The topological polar surface area (TPSA) is 54.4 Å². The fourth-order valence-corrected chi connectivity index (χ4v) is 2.79. The van der Waals surface area contributed by atoms with Crippen LogP contribution < -0.4 is 0 Å². The quantitative estimate of drug-likeness (QED) is 0.439. The minimum Gasteiger partial charge on any atom is -0.448 e. The van der Waals surface area contributed by atoms with Crippen LogP contribution in [0.4, 0.5) is 4.79 Å². The maximum atomic E-state index is 11.8. The molecular weight excluding hydrogens is 270 g/mol. The Bertz CT molecular complexity index is 348. The number of rotatable bonds is 5. The summed E-state index contributed by atoms with van der Waals surface area (Å²) < 4.78 is 10.5. The lowest BCUT2D eigenvalue weighted by Gasteiger charge is -2.29. The van der Waals surface area contributed by atoms with Crippen LogP contribution in [0.1, 0.15) is 32.6 Å². The van der Waals surface area contributed by atoms with E-state index in [0.717, 1.165) is 38.3 Å². The van der Waals surface area contributed by atoms with Gasteiger partial charge in [-0.3, -0.25) is 0 Å². The summed E-state index contributed by atoms with van der Waals surface area (Å²) in [6.45, 7) is 8.85. The molecule has 0 N–H and O–H groups in total. The molecular formula is C15H27N3O3. The van der Waals surface area contributed by atoms with Crippen molar-refractivity contribution in [3.05, 3.63) is 0 Å². The normalized spacial score (nSPS) is 20.8. The zero-order valence-electron chi connectivity index (χ0n) is 13.1. The molecule has 2 aliphatic heterocycles. The Morgan fingerprint density at radius 3 is 2.57 bits per heavy atom. The van der Waals surface area contributed by atoms with Crippen LogP contribution in [0.15, 0.2) is 4.99 Å². The molecule has 2 fully saturated rings. The molecule has 2 aliphatic rings. The van der Waals surface area contributed by atoms with Gasteiger partial charge >= 0.3 is 6.09 Å². The van der Waals surface area contributed by atoms with E-state index in [1.165, 1.54) is 25.9 Å². The molecule has 6 nitrogen and oxygen atoms in total. The van der Waals surface area contributed by atoms with Gasteiger partial charge in [-0.2, -0.15) is 4.99 Å². The fourth-order valence-electron chi connectivity index (χ4n) is 2.79. The van der Waals surface area contributed by atoms with Gasteiger partial charge in [0.1, 0.15) is 5.84 Å². The van der Waals surface area contributed by atoms with Crippen LogP contribution in [0.25, 0.3) is 0 Å². The van der Waals surface area contributed by atoms with Gasteiger partial charge in [0, 0.05) is 26.1 Å². The molecule has 0 unspecified atom stereocenters. The number of ether oxygens (including phenoxy) is 2. The molecule has 120 valence electrons. The lowest BCUT2D eigenvalue weighted by molar-refractivity contribution is 0.0670. The van der Waals surface area contributed by atoms with Gasteiger partial charge in [-0.1, -0.05) is 6.92 Å². The smallest absolute Gasteiger partial charge is 0.435 e. The molecule has 6 heteroatoms. The summed E-state index contributed by atoms with van der Waals surface area (Å²) in [7, 11) is 0. The van der Waals surface area contributed by atoms with Crippen molar-refractivity contribution in [1.82, 2.24) is 9.80 Å². The van der Waals surface area contributed by atoms with Crippen LogP contribution in [0, 0.1) is 0 Å². The number of amides is 1. The van der Waals surface area contributed by atoms with Crippen LogP contribution in [0.3, 0.4) is 0 Å². The third-order valence-corrected chi connectivity index (χ3v) is 3.96. The van der Waals surface area contributed by atoms with Gasteiger partial charge in [0.2, 0.25) is 0 Å². The number of hydrogen-bond acceptors (Lipinski definition) is 4. The second-order valence-electron chi connectivity index (χ2n) is 5.50. The molecule has 0 bridgehead atoms. The molecule has 0 aromatic rings. The van der Waals surface area contributed by atoms with Crippen molar-refractivity contribution >= 4 is 11.9 Å². The van der Waals surface area contributed by atoms with E-state index in [1.807, 2.05) is 6.92 Å². The van der Waals surface area contributed by atoms with E-state index in [0.29, 0.717) is 19.8 Å². The third kappa shape index (κ3) is 5.63. The Morgan fingerprint density at radius 1 is 1.19 bits per heavy atom. The van der Waals surface area contributed by atoms with Gasteiger partial charge < -0.3 is 19.3 Å². The number of amidine groups is 1. The highest BCUT2D eigenvalue weighted by Crippen LogP contribution is 2.07. The fraction of sp³-hybridized carbons (Fsp3) is 0.867. The van der Waals surface area contributed by atoms with E-state index < -0.39 is 6.09 Å². The molecule has 21 heavy (non-hydrogen) atoms. The molecule has 0 aromatic carbocycles. The van der Waals surface area contributed by atoms with Crippen molar-refractivity contribution < 1.29 is 14.3 Å². The first-order valence-corrected chi connectivity index (χ1v) is 8.09. The third-order valence-electron chi connectivity index (χ3n) is 3.96. The first-order chi connectivity index (χ1) is 10.3. The number of likely N-dealkylation sites (tertiary alicyclic amines) is 1. The van der Waals surface area contributed by atoms with Gasteiger partial charge in [-0.25, -0.2) is 4.79 Å². The van der Waals surface area contributed by atoms with E-state index in [2.05, 4.69) is 14.8 Å². The number of hydrogen-bond donors (Lipinski definition) is 0. The Hall–Kier alpha value is -1.14. The van der Waals surface area contributed by atoms with Gasteiger partial charge in [0.05, 0.1) is 19.8 Å². The van der Waals surface area contributed by atoms with Crippen molar-refractivity contribution in [3.8, 4) is 0 Å². The van der Waals surface area contributed by atoms with Gasteiger partial charge in [0.15, 0.2) is 0 Å². The van der Waals surface area contributed by atoms with E-state index in [1.54, 1.807) is 0 Å². The zero-order chi connectivity index (χ0) is 14.9. The van der Waals surface area contributed by atoms with Crippen molar-refractivity contribution in [2.45, 2.75) is 32.6 Å². The van der Waals surface area contributed by atoms with Crippen LogP contribution in [0.2, 0.25) is 0 Å². The number of nitrogens with zero attached hydrogens (tertiary/aromatic N) is 3. The lowest BCUT2D eigenvalue weighted by Crippen LogP contribution is -2.40. The molecule has 0 saturated carbocycles. The second kappa shape index (κ2) is 9.00. The minimum atomic E-state index is -0.459. The maximum Gasteiger partial charge on any atom is 0.435 e. The van der Waals surface area contributed by atoms with Crippen LogP contribution >= 0.6 is 0 Å². The van der Waals surface area contributed by atoms with Crippen LogP contribution in [0.5, 0.6) is 0 Å². The van der Waals surface area contributed by atoms with E-state index in [9.17, 15) is 4.79 Å². The summed E-state index contributed by atoms with van der Waals surface area (Å²) in [5.41, 5.74) is 0. The molecule has 1 amide bonds. The number of aliphatic imine (C=N–C) groups is 1. The predicted molar refractivity (Wildman–Crippen MR) is 81.8 cm³/mol. The predicted octanol–water partition coefficient (Wildman–Crippen LogP) is 1.75. The van der Waals surface area contributed by atoms with E-state index in [4.69, 9.17) is 9.47 Å². The molecule has 0 aromatic heterocycles. The highest BCUT2D eigenvalue weighted by molar-refractivity contribution is 5.91. The first kappa shape index (κ1) is 16.2. The van der Waals surface area contributed by atoms with Crippen molar-refractivity contribution in [1.29, 1.82) is 0 Å². The largest absolute Gasteiger partial charge is 0.448 e. The van der Waals surface area contributed by atoms with Crippen molar-refractivity contribution in [2.75, 3.05) is 52.5 Å². The molecule has 2 heterocycles. The molecule has 0 aliphatic carbocycles. The summed E-state index contributed by atoms with van der Waals surface area (Å²) in [6.07, 6.45) is 3.76. The molecule has 0 spiro atoms. The van der Waals surface area contributed by atoms with Crippen LogP contribution in [-0.2, 0) is 9.47 Å². The highest BCUT2D eigenvalue weighted by atomic mass is 16.5. The second-order valence-corrected chi connectivity index (χ2v) is 5.50. The van der Waals surface area contributed by atoms with Crippen molar-refractivity contribution in [3.63, 3.8) is 0 Å². The number of carbonyl (C=O) groups is 1. The van der Waals surface area contributed by atoms with Crippen LogP contribution in [-0.4, -0.2) is 74.3 Å². The Morgan fingerprint density at radius 2 is 1.90 bits per heavy atom. The minimum absolute atomic E-state index is 0.457. The summed E-state index contributed by atoms with van der Waals surface area (Å²) >= 11 is 0. The average molecular weight is 297 g/mol. The first-order valence-electron chi connectivity index (χ1n) is 8.09. The summed E-state index contributed by atoms with van der Waals surface area (Å²) in [5.74, 6) is 0.808. The Labute approximate surface area is 127 Å². The summed E-state index contributed by atoms with van der Waals surface area (Å²) in [6, 6.07) is 0. The highest BCUT2D eigenvalue weighted by Gasteiger charge is 2.15. The standard InChI is InChI=1S/C15H27N3O3/c1-2-14(18-9-12-20-13-10-18)16-15(19)21-11-5-8-17-6-3-4-7-17/h2-13H2,1H3/b16-14-. The van der Waals surface area contributed by atoms with E-state index >= 15 is 0 Å². The number of carbonyl (C=O) groups excluding carboxylic acids is 1. The SMILES string of the molecule is CC/C(=N/C(=O)OCCCN1CCCC1)N1CCOCC1.